The van der Waals surface area contributed by atoms with Gasteiger partial charge in [-0.2, -0.15) is 0 Å². The summed E-state index contributed by atoms with van der Waals surface area (Å²) < 4.78 is 5.44. The van der Waals surface area contributed by atoms with Crippen LogP contribution < -0.4 is 15.0 Å². The summed E-state index contributed by atoms with van der Waals surface area (Å²) in [6.45, 7) is 2.82. The number of amides is 2. The van der Waals surface area contributed by atoms with E-state index in [0.717, 1.165) is 55.5 Å². The third kappa shape index (κ3) is 7.08. The van der Waals surface area contributed by atoms with Crippen LogP contribution in [-0.2, 0) is 9.59 Å². The third-order valence-corrected chi connectivity index (χ3v) is 9.52. The van der Waals surface area contributed by atoms with Gasteiger partial charge in [-0.05, 0) is 60.7 Å². The first kappa shape index (κ1) is 33.3. The Balaban J connectivity index is 1.00. The summed E-state index contributed by atoms with van der Waals surface area (Å²) in [5, 5.41) is 7.36. The van der Waals surface area contributed by atoms with Crippen LogP contribution in [0.15, 0.2) is 91.4 Å². The number of pyridine rings is 3. The Morgan fingerprint density at radius 3 is 1.96 bits per heavy atom. The van der Waals surface area contributed by atoms with Gasteiger partial charge in [0.15, 0.2) is 0 Å². The van der Waals surface area contributed by atoms with Gasteiger partial charge in [-0.1, -0.05) is 29.3 Å². The zero-order valence-electron chi connectivity index (χ0n) is 27.5. The molecule has 1 aliphatic heterocycles. The van der Waals surface area contributed by atoms with Crippen molar-refractivity contribution < 1.29 is 14.3 Å². The summed E-state index contributed by atoms with van der Waals surface area (Å²) in [5.74, 6) is 0.801. The lowest BCUT2D eigenvalue weighted by Crippen LogP contribution is -2.51. The summed E-state index contributed by atoms with van der Waals surface area (Å²) in [7, 11) is 1.63. The molecule has 254 valence electrons. The van der Waals surface area contributed by atoms with E-state index in [1.165, 1.54) is 0 Å². The number of halogens is 2. The Morgan fingerprint density at radius 1 is 0.760 bits per heavy atom. The van der Waals surface area contributed by atoms with Crippen molar-refractivity contribution in [3.05, 3.63) is 101 Å². The molecule has 0 aliphatic carbocycles. The summed E-state index contributed by atoms with van der Waals surface area (Å²) in [6.07, 6.45) is 5.85. The first-order valence-electron chi connectivity index (χ1n) is 16.5. The van der Waals surface area contributed by atoms with Crippen molar-refractivity contribution in [2.24, 2.45) is 0 Å². The molecule has 3 aromatic carbocycles. The van der Waals surface area contributed by atoms with Gasteiger partial charge in [-0.3, -0.25) is 24.5 Å². The van der Waals surface area contributed by atoms with Crippen molar-refractivity contribution in [1.29, 1.82) is 0 Å². The molecule has 6 aromatic rings. The van der Waals surface area contributed by atoms with E-state index in [2.05, 4.69) is 25.2 Å². The fourth-order valence-electron chi connectivity index (χ4n) is 6.50. The van der Waals surface area contributed by atoms with E-state index >= 15 is 0 Å². The monoisotopic (exact) mass is 707 g/mol. The molecule has 10 nitrogen and oxygen atoms in total. The maximum atomic E-state index is 13.7. The number of carbonyl (C=O) groups is 2. The fourth-order valence-corrected chi connectivity index (χ4v) is 6.84. The number of hydrogen-bond acceptors (Lipinski definition) is 8. The Kier molecular flexibility index (Phi) is 9.82. The molecule has 1 aliphatic rings. The molecule has 7 rings (SSSR count). The first-order chi connectivity index (χ1) is 24.4. The van der Waals surface area contributed by atoms with Crippen LogP contribution in [0.2, 0.25) is 10.0 Å². The van der Waals surface area contributed by atoms with Crippen LogP contribution in [0.3, 0.4) is 0 Å². The molecule has 50 heavy (non-hydrogen) atoms. The minimum Gasteiger partial charge on any atom is -0.497 e. The Labute approximate surface area is 299 Å². The van der Waals surface area contributed by atoms with Gasteiger partial charge >= 0.3 is 0 Å². The second kappa shape index (κ2) is 14.7. The number of hydrogen-bond donors (Lipinski definition) is 1. The zero-order chi connectivity index (χ0) is 34.6. The van der Waals surface area contributed by atoms with Gasteiger partial charge in [-0.15, -0.1) is 0 Å². The summed E-state index contributed by atoms with van der Waals surface area (Å²) in [4.78, 5) is 46.2. The second-order valence-corrected chi connectivity index (χ2v) is 12.9. The maximum Gasteiger partial charge on any atom is 0.224 e. The largest absolute Gasteiger partial charge is 0.497 e. The molecule has 12 heteroatoms. The van der Waals surface area contributed by atoms with Gasteiger partial charge in [0.1, 0.15) is 5.75 Å². The predicted molar refractivity (Wildman–Crippen MR) is 200 cm³/mol. The molecule has 0 radical (unpaired) electrons. The number of nitrogens with zero attached hydrogens (tertiary/aromatic N) is 6. The molecule has 0 unspecified atom stereocenters. The van der Waals surface area contributed by atoms with Crippen LogP contribution in [0.25, 0.3) is 32.7 Å². The second-order valence-electron chi connectivity index (χ2n) is 12.1. The number of nitrogens with one attached hydrogen (secondary N) is 1. The summed E-state index contributed by atoms with van der Waals surface area (Å²) in [5.41, 5.74) is 4.99. The number of benzene rings is 3. The van der Waals surface area contributed by atoms with Crippen molar-refractivity contribution >= 4 is 84.8 Å². The molecule has 4 heterocycles. The van der Waals surface area contributed by atoms with Crippen molar-refractivity contribution in [2.45, 2.75) is 12.8 Å². The normalized spacial score (nSPS) is 13.2. The standard InChI is InChI=1S/C38H35Cl2N7O3/c1-50-28-21-25-3-2-12-44-38(25)33(24-28)43-15-10-36(48)45-17-19-46(20-18-45)37(49)11-16-47(34-8-13-41-31-22-26(39)4-6-29(31)34)35-9-14-42-32-23-27(40)5-7-30(32)35/h2-9,12-14,21-24,43H,10-11,15-20H2,1H3. The summed E-state index contributed by atoms with van der Waals surface area (Å²) >= 11 is 12.6. The number of carbonyl (C=O) groups excluding carboxylic acids is 2. The highest BCUT2D eigenvalue weighted by Crippen LogP contribution is 2.37. The van der Waals surface area contributed by atoms with E-state index in [9.17, 15) is 9.59 Å². The highest BCUT2D eigenvalue weighted by atomic mass is 35.5. The van der Waals surface area contributed by atoms with Crippen LogP contribution in [0.5, 0.6) is 5.75 Å². The van der Waals surface area contributed by atoms with Gasteiger partial charge in [0.25, 0.3) is 0 Å². The zero-order valence-corrected chi connectivity index (χ0v) is 29.0. The van der Waals surface area contributed by atoms with Crippen molar-refractivity contribution in [2.75, 3.05) is 56.6 Å². The number of ether oxygens (including phenoxy) is 1. The Morgan fingerprint density at radius 2 is 1.36 bits per heavy atom. The van der Waals surface area contributed by atoms with E-state index in [4.69, 9.17) is 27.9 Å². The maximum absolute atomic E-state index is 13.7. The minimum absolute atomic E-state index is 0.0315. The number of anilines is 3. The van der Waals surface area contributed by atoms with Crippen LogP contribution in [-0.4, -0.2) is 82.9 Å². The number of rotatable bonds is 10. The van der Waals surface area contributed by atoms with Gasteiger partial charge in [0.2, 0.25) is 11.8 Å². The number of aromatic nitrogens is 3. The number of methoxy groups -OCH3 is 1. The quantitative estimate of drug-likeness (QED) is 0.158. The number of piperazine rings is 1. The van der Waals surface area contributed by atoms with E-state index in [0.29, 0.717) is 55.7 Å². The van der Waals surface area contributed by atoms with Gasteiger partial charge in [0.05, 0.1) is 40.7 Å². The lowest BCUT2D eigenvalue weighted by molar-refractivity contribution is -0.139. The van der Waals surface area contributed by atoms with Crippen LogP contribution in [0.4, 0.5) is 17.1 Å². The lowest BCUT2D eigenvalue weighted by atomic mass is 10.1. The van der Waals surface area contributed by atoms with E-state index < -0.39 is 0 Å². The highest BCUT2D eigenvalue weighted by molar-refractivity contribution is 6.31. The Bertz CT molecular complexity index is 2120. The average molecular weight is 709 g/mol. The topological polar surface area (TPSA) is 104 Å². The SMILES string of the molecule is COc1cc(NCCC(=O)N2CCN(C(=O)CCN(c3ccnc4cc(Cl)ccc34)c3ccnc4cc(Cl)ccc34)CC2)c2ncccc2c1. The predicted octanol–water partition coefficient (Wildman–Crippen LogP) is 7.35. The lowest BCUT2D eigenvalue weighted by Gasteiger charge is -2.35. The van der Waals surface area contributed by atoms with Crippen LogP contribution in [0.1, 0.15) is 12.8 Å². The van der Waals surface area contributed by atoms with Gasteiger partial charge in [-0.25, -0.2) is 0 Å². The van der Waals surface area contributed by atoms with Gasteiger partial charge in [0, 0.05) is 103 Å². The first-order valence-corrected chi connectivity index (χ1v) is 17.2. The molecule has 2 amide bonds. The molecule has 1 saturated heterocycles. The molecule has 0 atom stereocenters. The van der Waals surface area contributed by atoms with Gasteiger partial charge < -0.3 is 24.8 Å². The molecule has 0 saturated carbocycles. The molecular formula is C38H35Cl2N7O3. The number of fused-ring (bicyclic) bond motifs is 3. The van der Waals surface area contributed by atoms with E-state index in [-0.39, 0.29) is 18.2 Å². The van der Waals surface area contributed by atoms with Crippen molar-refractivity contribution in [1.82, 2.24) is 24.8 Å². The van der Waals surface area contributed by atoms with Crippen LogP contribution in [0, 0.1) is 0 Å². The van der Waals surface area contributed by atoms with Crippen molar-refractivity contribution in [3.63, 3.8) is 0 Å². The fraction of sp³-hybridized carbons (Fsp3) is 0.237. The molecule has 1 N–H and O–H groups in total. The smallest absolute Gasteiger partial charge is 0.224 e. The van der Waals surface area contributed by atoms with Crippen molar-refractivity contribution in [3.8, 4) is 5.75 Å². The van der Waals surface area contributed by atoms with E-state index in [1.54, 1.807) is 25.7 Å². The molecule has 3 aromatic heterocycles. The molecule has 0 spiro atoms. The molecular weight excluding hydrogens is 673 g/mol. The average Bonchev–Trinajstić information content (AvgIpc) is 3.14. The minimum atomic E-state index is 0.0315. The van der Waals surface area contributed by atoms with Crippen LogP contribution >= 0.6 is 23.2 Å². The summed E-state index contributed by atoms with van der Waals surface area (Å²) in [6, 6.07) is 22.9. The van der Waals surface area contributed by atoms with E-state index in [1.807, 2.05) is 82.6 Å². The molecule has 0 bridgehead atoms. The Hall–Kier alpha value is -5.19. The highest BCUT2D eigenvalue weighted by Gasteiger charge is 2.25. The molecule has 1 fully saturated rings. The third-order valence-electron chi connectivity index (χ3n) is 9.05.